The molecule has 0 unspecified atom stereocenters. The van der Waals surface area contributed by atoms with E-state index in [0.29, 0.717) is 6.42 Å². The zero-order chi connectivity index (χ0) is 10.0. The number of ether oxygens (including phenoxy) is 1. The third-order valence-corrected chi connectivity index (χ3v) is 2.03. The molecule has 0 amide bonds. The molecule has 0 aromatic heterocycles. The maximum Gasteiger partial charge on any atom is 0.303 e. The summed E-state index contributed by atoms with van der Waals surface area (Å²) < 4.78 is 4.85. The van der Waals surface area contributed by atoms with Crippen LogP contribution in [0.5, 0.6) is 0 Å². The average molecular weight is 186 g/mol. The van der Waals surface area contributed by atoms with E-state index in [4.69, 9.17) is 4.74 Å². The van der Waals surface area contributed by atoms with Crippen LogP contribution in [0.3, 0.4) is 0 Å². The monoisotopic (exact) mass is 186 g/mol. The summed E-state index contributed by atoms with van der Waals surface area (Å²) in [4.78, 5) is 10.6. The number of esters is 1. The van der Waals surface area contributed by atoms with Gasteiger partial charge in [-0.25, -0.2) is 0 Å². The van der Waals surface area contributed by atoms with Crippen molar-refractivity contribution in [3.05, 3.63) is 11.6 Å². The van der Waals surface area contributed by atoms with Crippen molar-refractivity contribution in [2.75, 3.05) is 0 Å². The summed E-state index contributed by atoms with van der Waals surface area (Å²) in [5.41, 5.74) is 0.920. The molecule has 1 aliphatic carbocycles. The van der Waals surface area contributed by atoms with Crippen molar-refractivity contribution in [2.24, 2.45) is 0 Å². The molecule has 0 spiro atoms. The summed E-state index contributed by atoms with van der Waals surface area (Å²) in [6.45, 7) is 3.11. The normalized spacial score (nSPS) is 33.8. The molecule has 2 N–H and O–H groups in total. The van der Waals surface area contributed by atoms with Crippen LogP contribution in [-0.2, 0) is 9.53 Å². The van der Waals surface area contributed by atoms with E-state index >= 15 is 0 Å². The molecule has 4 heteroatoms. The standard InChI is InChI=1S/C9H14O4/c1-5-3-7(11)9(12)8(4-5)13-6(2)10/h3,7-9,11-12H,4H2,1-2H3/t7-,8-,9-/m1/s1. The SMILES string of the molecule is CC(=O)O[C@@H]1CC(C)=C[C@@H](O)[C@H]1O. The van der Waals surface area contributed by atoms with E-state index in [0.717, 1.165) is 5.57 Å². The smallest absolute Gasteiger partial charge is 0.303 e. The molecule has 13 heavy (non-hydrogen) atoms. The third kappa shape index (κ3) is 2.54. The summed E-state index contributed by atoms with van der Waals surface area (Å²) >= 11 is 0. The molecule has 0 radical (unpaired) electrons. The Kier molecular flexibility index (Phi) is 3.06. The summed E-state index contributed by atoms with van der Waals surface area (Å²) in [5, 5.41) is 18.7. The number of hydrogen-bond donors (Lipinski definition) is 2. The number of hydrogen-bond acceptors (Lipinski definition) is 4. The molecule has 0 saturated carbocycles. The van der Waals surface area contributed by atoms with Gasteiger partial charge in [-0.2, -0.15) is 0 Å². The lowest BCUT2D eigenvalue weighted by molar-refractivity contribution is -0.156. The first-order valence-electron chi connectivity index (χ1n) is 4.21. The van der Waals surface area contributed by atoms with Gasteiger partial charge in [0.05, 0.1) is 0 Å². The zero-order valence-corrected chi connectivity index (χ0v) is 7.73. The highest BCUT2D eigenvalue weighted by Crippen LogP contribution is 2.21. The van der Waals surface area contributed by atoms with E-state index in [1.807, 2.05) is 6.92 Å². The molecule has 0 aromatic rings. The van der Waals surface area contributed by atoms with Crippen molar-refractivity contribution < 1.29 is 19.7 Å². The first kappa shape index (κ1) is 10.2. The van der Waals surface area contributed by atoms with Crippen molar-refractivity contribution in [2.45, 2.75) is 38.6 Å². The Bertz CT molecular complexity index is 234. The second kappa shape index (κ2) is 3.89. The fourth-order valence-corrected chi connectivity index (χ4v) is 1.44. The first-order valence-corrected chi connectivity index (χ1v) is 4.21. The molecule has 1 rings (SSSR count). The van der Waals surface area contributed by atoms with E-state index in [2.05, 4.69) is 0 Å². The van der Waals surface area contributed by atoms with Gasteiger partial charge in [0.15, 0.2) is 0 Å². The van der Waals surface area contributed by atoms with Crippen molar-refractivity contribution in [3.63, 3.8) is 0 Å². The lowest BCUT2D eigenvalue weighted by atomic mass is 9.93. The second-order valence-corrected chi connectivity index (χ2v) is 3.35. The largest absolute Gasteiger partial charge is 0.459 e. The molecular weight excluding hydrogens is 172 g/mol. The van der Waals surface area contributed by atoms with Gasteiger partial charge in [0.25, 0.3) is 0 Å². The van der Waals surface area contributed by atoms with E-state index in [1.54, 1.807) is 6.08 Å². The van der Waals surface area contributed by atoms with Crippen molar-refractivity contribution in [3.8, 4) is 0 Å². The molecule has 0 bridgehead atoms. The number of aliphatic hydroxyl groups is 2. The summed E-state index contributed by atoms with van der Waals surface area (Å²) in [5.74, 6) is -0.439. The molecule has 4 nitrogen and oxygen atoms in total. The Labute approximate surface area is 76.8 Å². The number of aliphatic hydroxyl groups excluding tert-OH is 2. The highest BCUT2D eigenvalue weighted by atomic mass is 16.6. The van der Waals surface area contributed by atoms with Gasteiger partial charge in [-0.3, -0.25) is 4.79 Å². The quantitative estimate of drug-likeness (QED) is 0.446. The molecule has 0 aromatic carbocycles. The maximum atomic E-state index is 10.6. The lowest BCUT2D eigenvalue weighted by Gasteiger charge is -2.29. The van der Waals surface area contributed by atoms with Crippen LogP contribution >= 0.6 is 0 Å². The average Bonchev–Trinajstić information content (AvgIpc) is 1.98. The Balaban J connectivity index is 2.66. The minimum absolute atomic E-state index is 0.439. The number of carbonyl (C=O) groups is 1. The minimum Gasteiger partial charge on any atom is -0.459 e. The van der Waals surface area contributed by atoms with Crippen LogP contribution in [0.2, 0.25) is 0 Å². The van der Waals surface area contributed by atoms with Gasteiger partial charge < -0.3 is 14.9 Å². The van der Waals surface area contributed by atoms with Crippen LogP contribution in [0.1, 0.15) is 20.3 Å². The van der Waals surface area contributed by atoms with E-state index in [-0.39, 0.29) is 0 Å². The minimum atomic E-state index is -1.01. The highest BCUT2D eigenvalue weighted by Gasteiger charge is 2.31. The van der Waals surface area contributed by atoms with Crippen molar-refractivity contribution in [1.82, 2.24) is 0 Å². The molecular formula is C9H14O4. The summed E-state index contributed by atoms with van der Waals surface area (Å²) in [6, 6.07) is 0. The topological polar surface area (TPSA) is 66.8 Å². The van der Waals surface area contributed by atoms with Gasteiger partial charge in [0.1, 0.15) is 18.3 Å². The number of rotatable bonds is 1. The van der Waals surface area contributed by atoms with E-state index in [9.17, 15) is 15.0 Å². The molecule has 0 heterocycles. The third-order valence-electron chi connectivity index (χ3n) is 2.03. The van der Waals surface area contributed by atoms with Gasteiger partial charge >= 0.3 is 5.97 Å². The van der Waals surface area contributed by atoms with Gasteiger partial charge in [-0.15, -0.1) is 0 Å². The van der Waals surface area contributed by atoms with Gasteiger partial charge in [-0.1, -0.05) is 11.6 Å². The van der Waals surface area contributed by atoms with Crippen LogP contribution in [0.4, 0.5) is 0 Å². The predicted octanol–water partition coefficient (Wildman–Crippen LogP) is -0.0101. The Morgan fingerprint density at radius 1 is 1.62 bits per heavy atom. The van der Waals surface area contributed by atoms with E-state index in [1.165, 1.54) is 6.92 Å². The first-order chi connectivity index (χ1) is 6.00. The van der Waals surface area contributed by atoms with Crippen LogP contribution < -0.4 is 0 Å². The summed E-state index contributed by atoms with van der Waals surface area (Å²) in [7, 11) is 0. The Morgan fingerprint density at radius 2 is 2.23 bits per heavy atom. The van der Waals surface area contributed by atoms with Gasteiger partial charge in [-0.05, 0) is 6.92 Å². The fourth-order valence-electron chi connectivity index (χ4n) is 1.44. The molecule has 3 atom stereocenters. The van der Waals surface area contributed by atoms with Gasteiger partial charge in [0.2, 0.25) is 0 Å². The highest BCUT2D eigenvalue weighted by molar-refractivity contribution is 5.66. The predicted molar refractivity (Wildman–Crippen MR) is 45.9 cm³/mol. The van der Waals surface area contributed by atoms with Gasteiger partial charge in [0, 0.05) is 13.3 Å². The summed E-state index contributed by atoms with van der Waals surface area (Å²) in [6.07, 6.45) is -0.495. The van der Waals surface area contributed by atoms with Crippen molar-refractivity contribution in [1.29, 1.82) is 0 Å². The molecule has 0 fully saturated rings. The van der Waals surface area contributed by atoms with Crippen molar-refractivity contribution >= 4 is 5.97 Å². The second-order valence-electron chi connectivity index (χ2n) is 3.35. The molecule has 0 saturated heterocycles. The zero-order valence-electron chi connectivity index (χ0n) is 7.73. The van der Waals surface area contributed by atoms with E-state index < -0.39 is 24.3 Å². The fraction of sp³-hybridized carbons (Fsp3) is 0.667. The number of carbonyl (C=O) groups excluding carboxylic acids is 1. The Morgan fingerprint density at radius 3 is 2.77 bits per heavy atom. The maximum absolute atomic E-state index is 10.6. The molecule has 74 valence electrons. The Hall–Kier alpha value is -0.870. The van der Waals surface area contributed by atoms with Crippen LogP contribution in [-0.4, -0.2) is 34.5 Å². The molecule has 0 aliphatic heterocycles. The molecule has 1 aliphatic rings. The van der Waals surface area contributed by atoms with Crippen LogP contribution in [0.25, 0.3) is 0 Å². The van der Waals surface area contributed by atoms with Crippen LogP contribution in [0.15, 0.2) is 11.6 Å². The lowest BCUT2D eigenvalue weighted by Crippen LogP contribution is -2.42. The van der Waals surface area contributed by atoms with Crippen LogP contribution in [0, 0.1) is 0 Å².